The molecule has 1 atom stereocenters. The zero-order valence-corrected chi connectivity index (χ0v) is 32.3. The van der Waals surface area contributed by atoms with E-state index in [1.54, 1.807) is 29.1 Å². The first-order valence-electron chi connectivity index (χ1n) is 19.3. The Bertz CT molecular complexity index is 2200. The standard InChI is InChI=1S/C26H31N3O3.C17H15F3N4O2/c30-24-11-10-23(26(32)28-24)22-8-6-20(7-9-22)21-13-16-29(17-14-21)18-25(31)27-15-12-19-4-2-1-3-5-19;1-10(2)26-13-8-15-21-6-7-24(15)9-12(13)23-16(25)11-4-3-5-14(22-11)17(18,19)20/h1-9,21,23H,10-18H2,(H,27,31)(H,28,30,32);3-10H,1-2H3,(H,23,25). The van der Waals surface area contributed by atoms with E-state index in [2.05, 4.69) is 55.1 Å². The molecule has 5 aromatic rings. The van der Waals surface area contributed by atoms with Gasteiger partial charge in [0.2, 0.25) is 17.7 Å². The number of carbonyl (C=O) groups is 4. The van der Waals surface area contributed by atoms with Crippen LogP contribution in [0.15, 0.2) is 97.5 Å². The second-order valence-corrected chi connectivity index (χ2v) is 14.6. The van der Waals surface area contributed by atoms with Gasteiger partial charge in [0.15, 0.2) is 0 Å². The van der Waals surface area contributed by atoms with Gasteiger partial charge in [0.25, 0.3) is 5.91 Å². The van der Waals surface area contributed by atoms with Crippen molar-refractivity contribution in [3.63, 3.8) is 0 Å². The van der Waals surface area contributed by atoms with Gasteiger partial charge in [0.05, 0.1) is 18.6 Å². The summed E-state index contributed by atoms with van der Waals surface area (Å²) in [5.74, 6) is -0.452. The fourth-order valence-electron chi connectivity index (χ4n) is 6.98. The van der Waals surface area contributed by atoms with Crippen LogP contribution < -0.4 is 20.7 Å². The van der Waals surface area contributed by atoms with Gasteiger partial charge < -0.3 is 19.8 Å². The molecule has 2 aliphatic heterocycles. The number of piperidine rings is 2. The van der Waals surface area contributed by atoms with E-state index < -0.39 is 17.8 Å². The number of ether oxygens (including phenoxy) is 1. The van der Waals surface area contributed by atoms with Crippen LogP contribution in [0.1, 0.15) is 84.2 Å². The number of anilines is 1. The number of halogens is 3. The quantitative estimate of drug-likeness (QED) is 0.128. The first-order valence-corrected chi connectivity index (χ1v) is 19.3. The summed E-state index contributed by atoms with van der Waals surface area (Å²) < 4.78 is 45.7. The number of alkyl halides is 3. The van der Waals surface area contributed by atoms with Crippen molar-refractivity contribution < 1.29 is 37.1 Å². The Balaban J connectivity index is 0.000000200. The number of rotatable bonds is 11. The summed E-state index contributed by atoms with van der Waals surface area (Å²) in [5.41, 5.74) is 2.92. The van der Waals surface area contributed by atoms with E-state index in [1.165, 1.54) is 17.2 Å². The largest absolute Gasteiger partial charge is 0.489 e. The lowest BCUT2D eigenvalue weighted by molar-refractivity contribution is -0.141. The highest BCUT2D eigenvalue weighted by Gasteiger charge is 2.33. The molecule has 0 spiro atoms. The Morgan fingerprint density at radius 2 is 1.67 bits per heavy atom. The number of imide groups is 1. The second-order valence-electron chi connectivity index (χ2n) is 14.6. The molecular formula is C43H46F3N7O5. The lowest BCUT2D eigenvalue weighted by atomic mass is 9.86. The van der Waals surface area contributed by atoms with Crippen molar-refractivity contribution in [1.29, 1.82) is 0 Å². The fourth-order valence-corrected chi connectivity index (χ4v) is 6.98. The Hall–Kier alpha value is -6.09. The Morgan fingerprint density at radius 1 is 0.948 bits per heavy atom. The predicted octanol–water partition coefficient (Wildman–Crippen LogP) is 6.53. The lowest BCUT2D eigenvalue weighted by Gasteiger charge is -2.32. The van der Waals surface area contributed by atoms with Crippen LogP contribution in [0.25, 0.3) is 5.65 Å². The highest BCUT2D eigenvalue weighted by atomic mass is 19.4. The number of amides is 4. The molecule has 3 N–H and O–H groups in total. The molecule has 304 valence electrons. The van der Waals surface area contributed by atoms with Gasteiger partial charge in [-0.05, 0) is 87.4 Å². The molecule has 0 radical (unpaired) electrons. The molecule has 2 saturated heterocycles. The molecule has 0 aliphatic carbocycles. The maximum atomic E-state index is 12.8. The monoisotopic (exact) mass is 797 g/mol. The minimum Gasteiger partial charge on any atom is -0.489 e. The normalized spacial score (nSPS) is 16.3. The molecule has 12 nitrogen and oxygen atoms in total. The molecule has 2 fully saturated rings. The zero-order chi connectivity index (χ0) is 41.2. The number of hydrogen-bond acceptors (Lipinski definition) is 8. The molecule has 7 rings (SSSR count). The molecule has 1 unspecified atom stereocenters. The van der Waals surface area contributed by atoms with Crippen LogP contribution in [0.3, 0.4) is 0 Å². The summed E-state index contributed by atoms with van der Waals surface area (Å²) in [4.78, 5) is 57.9. The molecule has 15 heteroatoms. The zero-order valence-electron chi connectivity index (χ0n) is 32.3. The third-order valence-electron chi connectivity index (χ3n) is 9.96. The highest BCUT2D eigenvalue weighted by molar-refractivity contribution is 6.04. The summed E-state index contributed by atoms with van der Waals surface area (Å²) in [6.07, 6.45) is 3.90. The van der Waals surface area contributed by atoms with Crippen molar-refractivity contribution in [2.45, 2.75) is 70.1 Å². The minimum absolute atomic E-state index is 0.0907. The fraction of sp³-hybridized carbons (Fsp3) is 0.349. The van der Waals surface area contributed by atoms with Gasteiger partial charge in [0.1, 0.15) is 28.5 Å². The minimum atomic E-state index is -4.63. The molecule has 4 amide bonds. The molecule has 0 bridgehead atoms. The van der Waals surface area contributed by atoms with Crippen molar-refractivity contribution in [3.05, 3.63) is 126 Å². The van der Waals surface area contributed by atoms with E-state index >= 15 is 0 Å². The van der Waals surface area contributed by atoms with Gasteiger partial charge in [-0.3, -0.25) is 29.4 Å². The first kappa shape index (κ1) is 41.5. The molecule has 3 aromatic heterocycles. The number of carbonyl (C=O) groups excluding carboxylic acids is 4. The third kappa shape index (κ3) is 11.3. The van der Waals surface area contributed by atoms with Crippen molar-refractivity contribution in [3.8, 4) is 5.75 Å². The number of pyridine rings is 2. The van der Waals surface area contributed by atoms with E-state index in [4.69, 9.17) is 4.74 Å². The van der Waals surface area contributed by atoms with Gasteiger partial charge in [0, 0.05) is 37.6 Å². The summed E-state index contributed by atoms with van der Waals surface area (Å²) in [6.45, 7) is 6.57. The van der Waals surface area contributed by atoms with E-state index in [9.17, 15) is 32.3 Å². The average Bonchev–Trinajstić information content (AvgIpc) is 3.66. The molecule has 58 heavy (non-hydrogen) atoms. The molecule has 2 aromatic carbocycles. The average molecular weight is 798 g/mol. The van der Waals surface area contributed by atoms with Gasteiger partial charge in [-0.25, -0.2) is 9.97 Å². The number of nitrogens with one attached hydrogen (secondary N) is 3. The van der Waals surface area contributed by atoms with Gasteiger partial charge in [-0.1, -0.05) is 60.7 Å². The van der Waals surface area contributed by atoms with Gasteiger partial charge >= 0.3 is 6.18 Å². The van der Waals surface area contributed by atoms with Crippen LogP contribution in [0.4, 0.5) is 18.9 Å². The van der Waals surface area contributed by atoms with Gasteiger partial charge in [-0.15, -0.1) is 0 Å². The second kappa shape index (κ2) is 18.9. The van der Waals surface area contributed by atoms with Gasteiger partial charge in [-0.2, -0.15) is 13.2 Å². The summed E-state index contributed by atoms with van der Waals surface area (Å²) >= 11 is 0. The van der Waals surface area contributed by atoms with Crippen molar-refractivity contribution in [2.75, 3.05) is 31.5 Å². The van der Waals surface area contributed by atoms with Crippen molar-refractivity contribution in [1.82, 2.24) is 29.9 Å². The number of hydrogen-bond donors (Lipinski definition) is 3. The molecule has 2 aliphatic rings. The molecule has 0 saturated carbocycles. The van der Waals surface area contributed by atoms with E-state index in [0.717, 1.165) is 50.0 Å². The molecular weight excluding hydrogens is 752 g/mol. The van der Waals surface area contributed by atoms with E-state index in [0.29, 0.717) is 48.9 Å². The number of nitrogens with zero attached hydrogens (tertiary/aromatic N) is 4. The van der Waals surface area contributed by atoms with Crippen LogP contribution in [0, 0.1) is 0 Å². The highest BCUT2D eigenvalue weighted by Crippen LogP contribution is 2.32. The Labute approximate surface area is 334 Å². The van der Waals surface area contributed by atoms with E-state index in [1.807, 2.05) is 44.2 Å². The smallest absolute Gasteiger partial charge is 0.433 e. The lowest BCUT2D eigenvalue weighted by Crippen LogP contribution is -2.41. The Kier molecular flexibility index (Phi) is 13.5. The first-order chi connectivity index (χ1) is 27.8. The topological polar surface area (TPSA) is 147 Å². The number of likely N-dealkylation sites (tertiary alicyclic amines) is 1. The third-order valence-corrected chi connectivity index (χ3v) is 9.96. The number of imidazole rings is 1. The van der Waals surface area contributed by atoms with Crippen LogP contribution in [-0.2, 0) is 27.0 Å². The van der Waals surface area contributed by atoms with Crippen LogP contribution in [0.2, 0.25) is 0 Å². The SMILES string of the molecule is CC(C)Oc1cc2nccn2cc1NC(=O)c1cccc(C(F)(F)F)n1.O=C(CN1CCC(c2ccc(C3CCC(=O)NC3=O)cc2)CC1)NCCc1ccccc1. The number of aromatic nitrogens is 3. The number of benzene rings is 2. The summed E-state index contributed by atoms with van der Waals surface area (Å²) in [7, 11) is 0. The van der Waals surface area contributed by atoms with Crippen LogP contribution >= 0.6 is 0 Å². The Morgan fingerprint density at radius 3 is 2.36 bits per heavy atom. The maximum Gasteiger partial charge on any atom is 0.433 e. The van der Waals surface area contributed by atoms with Crippen LogP contribution in [0.5, 0.6) is 5.75 Å². The van der Waals surface area contributed by atoms with E-state index in [-0.39, 0.29) is 35.4 Å². The predicted molar refractivity (Wildman–Crippen MR) is 211 cm³/mol. The van der Waals surface area contributed by atoms with Crippen molar-refractivity contribution in [2.24, 2.45) is 0 Å². The maximum absolute atomic E-state index is 12.8. The summed E-state index contributed by atoms with van der Waals surface area (Å²) in [5, 5.41) is 8.01. The molecule has 5 heterocycles. The van der Waals surface area contributed by atoms with Crippen LogP contribution in [-0.4, -0.2) is 75.2 Å². The number of fused-ring (bicyclic) bond motifs is 1. The summed E-state index contributed by atoms with van der Waals surface area (Å²) in [6, 6.07) is 23.3. The van der Waals surface area contributed by atoms with Crippen molar-refractivity contribution >= 4 is 35.0 Å².